The van der Waals surface area contributed by atoms with E-state index in [0.717, 1.165) is 33.8 Å². The third kappa shape index (κ3) is 4.08. The van der Waals surface area contributed by atoms with Crippen LogP contribution in [0.5, 0.6) is 11.5 Å². The Bertz CT molecular complexity index is 892. The SMILES string of the molecule is C=CCn1c(SCc2cccc(OC)c2)nnc1-c1cccc(OC)c1. The van der Waals surface area contributed by atoms with Gasteiger partial charge in [0.05, 0.1) is 14.2 Å². The minimum absolute atomic E-state index is 0.639. The van der Waals surface area contributed by atoms with Crippen LogP contribution in [-0.2, 0) is 12.3 Å². The molecule has 0 aliphatic heterocycles. The smallest absolute Gasteiger partial charge is 0.192 e. The number of nitrogens with zero attached hydrogens (tertiary/aromatic N) is 3. The summed E-state index contributed by atoms with van der Waals surface area (Å²) in [5, 5.41) is 9.62. The van der Waals surface area contributed by atoms with Gasteiger partial charge in [-0.05, 0) is 29.8 Å². The molecule has 0 radical (unpaired) electrons. The number of hydrogen-bond donors (Lipinski definition) is 0. The molecule has 3 aromatic rings. The summed E-state index contributed by atoms with van der Waals surface area (Å²) < 4.78 is 12.7. The summed E-state index contributed by atoms with van der Waals surface area (Å²) in [4.78, 5) is 0. The fraction of sp³-hybridized carbons (Fsp3) is 0.200. The molecule has 1 aromatic heterocycles. The van der Waals surface area contributed by atoms with Crippen LogP contribution in [0, 0.1) is 0 Å². The summed E-state index contributed by atoms with van der Waals surface area (Å²) >= 11 is 1.64. The largest absolute Gasteiger partial charge is 0.497 e. The first kappa shape index (κ1) is 18.1. The second-order valence-electron chi connectivity index (χ2n) is 5.58. The van der Waals surface area contributed by atoms with Gasteiger partial charge in [0.2, 0.25) is 0 Å². The van der Waals surface area contributed by atoms with Gasteiger partial charge in [-0.1, -0.05) is 42.1 Å². The molecule has 0 saturated carbocycles. The van der Waals surface area contributed by atoms with Crippen molar-refractivity contribution >= 4 is 11.8 Å². The highest BCUT2D eigenvalue weighted by Crippen LogP contribution is 2.28. The molecule has 26 heavy (non-hydrogen) atoms. The number of allylic oxidation sites excluding steroid dienone is 1. The lowest BCUT2D eigenvalue weighted by Crippen LogP contribution is -2.01. The normalized spacial score (nSPS) is 10.5. The van der Waals surface area contributed by atoms with E-state index in [1.165, 1.54) is 5.56 Å². The van der Waals surface area contributed by atoms with Crippen molar-refractivity contribution in [3.63, 3.8) is 0 Å². The average Bonchev–Trinajstić information content (AvgIpc) is 3.09. The molecular weight excluding hydrogens is 346 g/mol. The Hall–Kier alpha value is -2.73. The van der Waals surface area contributed by atoms with Gasteiger partial charge < -0.3 is 9.47 Å². The Morgan fingerprint density at radius 2 is 1.77 bits per heavy atom. The van der Waals surface area contributed by atoms with Gasteiger partial charge in [-0.25, -0.2) is 0 Å². The molecular formula is C20H21N3O2S. The van der Waals surface area contributed by atoms with Crippen molar-refractivity contribution in [3.8, 4) is 22.9 Å². The molecule has 0 fully saturated rings. The van der Waals surface area contributed by atoms with Crippen molar-refractivity contribution in [2.45, 2.75) is 17.5 Å². The molecule has 0 atom stereocenters. The van der Waals surface area contributed by atoms with Crippen LogP contribution in [0.1, 0.15) is 5.56 Å². The minimum Gasteiger partial charge on any atom is -0.497 e. The molecule has 0 bridgehead atoms. The van der Waals surface area contributed by atoms with Gasteiger partial charge in [-0.2, -0.15) is 0 Å². The van der Waals surface area contributed by atoms with Crippen molar-refractivity contribution in [2.24, 2.45) is 0 Å². The Morgan fingerprint density at radius 1 is 1.04 bits per heavy atom. The number of hydrogen-bond acceptors (Lipinski definition) is 5. The minimum atomic E-state index is 0.639. The van der Waals surface area contributed by atoms with E-state index in [1.807, 2.05) is 48.5 Å². The van der Waals surface area contributed by atoms with E-state index >= 15 is 0 Å². The molecule has 0 unspecified atom stereocenters. The molecule has 0 aliphatic rings. The molecule has 0 saturated heterocycles. The zero-order valence-corrected chi connectivity index (χ0v) is 15.7. The Morgan fingerprint density at radius 3 is 2.50 bits per heavy atom. The number of methoxy groups -OCH3 is 2. The topological polar surface area (TPSA) is 49.2 Å². The van der Waals surface area contributed by atoms with E-state index in [-0.39, 0.29) is 0 Å². The van der Waals surface area contributed by atoms with Crippen LogP contribution in [0.2, 0.25) is 0 Å². The molecule has 5 nitrogen and oxygen atoms in total. The fourth-order valence-electron chi connectivity index (χ4n) is 2.58. The average molecular weight is 367 g/mol. The van der Waals surface area contributed by atoms with Gasteiger partial charge in [0.1, 0.15) is 11.5 Å². The highest BCUT2D eigenvalue weighted by Gasteiger charge is 2.14. The van der Waals surface area contributed by atoms with Gasteiger partial charge in [0, 0.05) is 17.9 Å². The summed E-state index contributed by atoms with van der Waals surface area (Å²) in [6.45, 7) is 4.50. The van der Waals surface area contributed by atoms with E-state index in [1.54, 1.807) is 26.0 Å². The van der Waals surface area contributed by atoms with Crippen LogP contribution < -0.4 is 9.47 Å². The lowest BCUT2D eigenvalue weighted by molar-refractivity contribution is 0.414. The molecule has 1 heterocycles. The van der Waals surface area contributed by atoms with Crippen LogP contribution >= 0.6 is 11.8 Å². The van der Waals surface area contributed by atoms with Crippen LogP contribution in [0.15, 0.2) is 66.3 Å². The van der Waals surface area contributed by atoms with Crippen molar-refractivity contribution in [1.29, 1.82) is 0 Å². The second-order valence-corrected chi connectivity index (χ2v) is 6.52. The Kier molecular flexibility index (Phi) is 5.96. The lowest BCUT2D eigenvalue weighted by Gasteiger charge is -2.09. The maximum Gasteiger partial charge on any atom is 0.192 e. The quantitative estimate of drug-likeness (QED) is 0.435. The van der Waals surface area contributed by atoms with Crippen molar-refractivity contribution in [3.05, 3.63) is 66.7 Å². The highest BCUT2D eigenvalue weighted by atomic mass is 32.2. The summed E-state index contributed by atoms with van der Waals surface area (Å²) in [5.41, 5.74) is 2.14. The summed E-state index contributed by atoms with van der Waals surface area (Å²) in [6, 6.07) is 15.9. The summed E-state index contributed by atoms with van der Waals surface area (Å²) in [5.74, 6) is 3.23. The van der Waals surface area contributed by atoms with E-state index in [4.69, 9.17) is 9.47 Å². The number of ether oxygens (including phenoxy) is 2. The van der Waals surface area contributed by atoms with E-state index in [0.29, 0.717) is 6.54 Å². The van der Waals surface area contributed by atoms with Crippen LogP contribution in [0.3, 0.4) is 0 Å². The number of thioether (sulfide) groups is 1. The van der Waals surface area contributed by atoms with E-state index in [2.05, 4.69) is 27.4 Å². The Labute approximate surface area is 157 Å². The van der Waals surface area contributed by atoms with Gasteiger partial charge in [-0.3, -0.25) is 4.57 Å². The van der Waals surface area contributed by atoms with Crippen LogP contribution in [0.25, 0.3) is 11.4 Å². The maximum atomic E-state index is 5.32. The van der Waals surface area contributed by atoms with Crippen LogP contribution in [0.4, 0.5) is 0 Å². The molecule has 0 amide bonds. The fourth-order valence-corrected chi connectivity index (χ4v) is 3.47. The lowest BCUT2D eigenvalue weighted by atomic mass is 10.2. The highest BCUT2D eigenvalue weighted by molar-refractivity contribution is 7.98. The van der Waals surface area contributed by atoms with Crippen molar-refractivity contribution < 1.29 is 9.47 Å². The third-order valence-electron chi connectivity index (χ3n) is 3.86. The number of rotatable bonds is 8. The number of aromatic nitrogens is 3. The first-order valence-corrected chi connectivity index (χ1v) is 9.18. The Balaban J connectivity index is 1.85. The summed E-state index contributed by atoms with van der Waals surface area (Å²) in [6.07, 6.45) is 1.85. The van der Waals surface area contributed by atoms with Gasteiger partial charge in [0.25, 0.3) is 0 Å². The first-order valence-electron chi connectivity index (χ1n) is 8.19. The number of benzene rings is 2. The molecule has 3 rings (SSSR count). The second kappa shape index (κ2) is 8.58. The van der Waals surface area contributed by atoms with E-state index in [9.17, 15) is 0 Å². The zero-order valence-electron chi connectivity index (χ0n) is 14.9. The molecule has 0 aliphatic carbocycles. The standard InChI is InChI=1S/C20H21N3O2S/c1-4-11-23-19(16-8-6-10-18(13-16)25-3)21-22-20(23)26-14-15-7-5-9-17(12-15)24-2/h4-10,12-13H,1,11,14H2,2-3H3. The molecule has 6 heteroatoms. The first-order chi connectivity index (χ1) is 12.7. The monoisotopic (exact) mass is 367 g/mol. The molecule has 134 valence electrons. The summed E-state index contributed by atoms with van der Waals surface area (Å²) in [7, 11) is 3.33. The van der Waals surface area contributed by atoms with Gasteiger partial charge in [0.15, 0.2) is 11.0 Å². The van der Waals surface area contributed by atoms with Crippen molar-refractivity contribution in [1.82, 2.24) is 14.8 Å². The maximum absolute atomic E-state index is 5.32. The predicted molar refractivity (Wildman–Crippen MR) is 105 cm³/mol. The van der Waals surface area contributed by atoms with Crippen LogP contribution in [-0.4, -0.2) is 29.0 Å². The van der Waals surface area contributed by atoms with Gasteiger partial charge in [-0.15, -0.1) is 16.8 Å². The van der Waals surface area contributed by atoms with E-state index < -0.39 is 0 Å². The third-order valence-corrected chi connectivity index (χ3v) is 4.90. The predicted octanol–water partition coefficient (Wildman–Crippen LogP) is 4.44. The van der Waals surface area contributed by atoms with Gasteiger partial charge >= 0.3 is 0 Å². The molecule has 2 aromatic carbocycles. The van der Waals surface area contributed by atoms with Crippen molar-refractivity contribution in [2.75, 3.05) is 14.2 Å². The molecule has 0 spiro atoms. The zero-order chi connectivity index (χ0) is 18.4. The molecule has 0 N–H and O–H groups in total.